The van der Waals surface area contributed by atoms with Crippen molar-refractivity contribution in [3.05, 3.63) is 85.7 Å². The molecule has 1 N–H and O–H groups in total. The highest BCUT2D eigenvalue weighted by atomic mass is 16.6. The van der Waals surface area contributed by atoms with Crippen LogP contribution in [0.2, 0.25) is 0 Å². The fourth-order valence-corrected chi connectivity index (χ4v) is 5.28. The number of nitrogens with one attached hydrogen (secondary N) is 1. The van der Waals surface area contributed by atoms with Crippen molar-refractivity contribution in [2.24, 2.45) is 0 Å². The Bertz CT molecular complexity index is 1380. The fraction of sp³-hybridized carbons (Fsp3) is 0.379. The molecule has 2 atom stereocenters. The second kappa shape index (κ2) is 11.7. The summed E-state index contributed by atoms with van der Waals surface area (Å²) in [5.41, 5.74) is 3.70. The van der Waals surface area contributed by atoms with E-state index >= 15 is 0 Å². The molecule has 10 nitrogen and oxygen atoms in total. The topological polar surface area (TPSA) is 126 Å². The van der Waals surface area contributed by atoms with Crippen molar-refractivity contribution in [1.29, 1.82) is 0 Å². The third-order valence-electron chi connectivity index (χ3n) is 7.21. The highest BCUT2D eigenvalue weighted by molar-refractivity contribution is 6.04. The molecular weight excluding hydrogens is 504 g/mol. The number of carbonyl (C=O) groups excluding carboxylic acids is 2. The van der Waals surface area contributed by atoms with E-state index in [0.29, 0.717) is 46.0 Å². The van der Waals surface area contributed by atoms with Crippen LogP contribution in [0.3, 0.4) is 0 Å². The summed E-state index contributed by atoms with van der Waals surface area (Å²) in [4.78, 5) is 38.4. The Labute approximate surface area is 226 Å². The summed E-state index contributed by atoms with van der Waals surface area (Å²) in [6.07, 6.45) is 0.704. The number of ether oxygens (including phenoxy) is 4. The van der Waals surface area contributed by atoms with Gasteiger partial charge in [-0.15, -0.1) is 0 Å². The number of carbonyl (C=O) groups is 2. The van der Waals surface area contributed by atoms with Gasteiger partial charge in [0.1, 0.15) is 6.61 Å². The van der Waals surface area contributed by atoms with Crippen LogP contribution in [0.15, 0.2) is 58.9 Å². The summed E-state index contributed by atoms with van der Waals surface area (Å²) >= 11 is 0. The quantitative estimate of drug-likeness (QED) is 0.214. The molecule has 0 fully saturated rings. The molecule has 0 saturated carbocycles. The van der Waals surface area contributed by atoms with E-state index in [1.807, 2.05) is 18.2 Å². The summed E-state index contributed by atoms with van der Waals surface area (Å²) in [6, 6.07) is 10.4. The van der Waals surface area contributed by atoms with Crippen LogP contribution in [0.5, 0.6) is 11.5 Å². The molecule has 10 heteroatoms. The first-order chi connectivity index (χ1) is 18.7. The van der Waals surface area contributed by atoms with E-state index in [-0.39, 0.29) is 42.6 Å². The number of methoxy groups -OCH3 is 3. The predicted octanol–water partition coefficient (Wildman–Crippen LogP) is 4.47. The minimum atomic E-state index is -0.811. The molecular formula is C29H32N2O8. The SMILES string of the molecule is COCCOC(=O)C1=C(C)NC2=C(C(=O)C[C@H](c3ccc(OC)c(OC)c3)C2)[C@@H]1c1ccc(C)c([N+](=O)[O-])c1. The zero-order valence-corrected chi connectivity index (χ0v) is 22.7. The summed E-state index contributed by atoms with van der Waals surface area (Å²) in [5, 5.41) is 15.0. The molecule has 0 aromatic heterocycles. The second-order valence-corrected chi connectivity index (χ2v) is 9.56. The van der Waals surface area contributed by atoms with E-state index in [1.54, 1.807) is 40.2 Å². The van der Waals surface area contributed by atoms with E-state index in [1.165, 1.54) is 13.2 Å². The van der Waals surface area contributed by atoms with Crippen molar-refractivity contribution in [3.8, 4) is 11.5 Å². The molecule has 1 aliphatic carbocycles. The maximum Gasteiger partial charge on any atom is 0.336 e. The van der Waals surface area contributed by atoms with Gasteiger partial charge in [-0.1, -0.05) is 18.2 Å². The highest BCUT2D eigenvalue weighted by Gasteiger charge is 2.42. The first-order valence-corrected chi connectivity index (χ1v) is 12.6. The maximum absolute atomic E-state index is 13.8. The van der Waals surface area contributed by atoms with Gasteiger partial charge in [-0.05, 0) is 49.4 Å². The van der Waals surface area contributed by atoms with Crippen LogP contribution in [0, 0.1) is 17.0 Å². The zero-order valence-electron chi connectivity index (χ0n) is 22.7. The van der Waals surface area contributed by atoms with Crippen molar-refractivity contribution >= 4 is 17.4 Å². The van der Waals surface area contributed by atoms with Gasteiger partial charge in [0.15, 0.2) is 17.3 Å². The highest BCUT2D eigenvalue weighted by Crippen LogP contribution is 2.47. The Kier molecular flexibility index (Phi) is 8.35. The van der Waals surface area contributed by atoms with Crippen molar-refractivity contribution in [1.82, 2.24) is 5.32 Å². The number of benzene rings is 2. The number of hydrogen-bond acceptors (Lipinski definition) is 9. The standard InChI is InChI=1S/C29H32N2O8/c1-16-6-7-19(13-22(16)31(34)35)27-26(29(33)39-11-10-36-3)17(2)30-21-12-20(14-23(32)28(21)27)18-8-9-24(37-4)25(15-18)38-5/h6-9,13,15,20,27,30H,10-12,14H2,1-5H3/t20-,27-/m1/s1. The Morgan fingerprint density at radius 1 is 1.00 bits per heavy atom. The van der Waals surface area contributed by atoms with Gasteiger partial charge in [-0.2, -0.15) is 0 Å². The van der Waals surface area contributed by atoms with E-state index in [0.717, 1.165) is 5.56 Å². The zero-order chi connectivity index (χ0) is 28.3. The van der Waals surface area contributed by atoms with Crippen molar-refractivity contribution in [2.75, 3.05) is 34.5 Å². The number of allylic oxidation sites excluding steroid dienone is 3. The van der Waals surface area contributed by atoms with E-state index in [9.17, 15) is 19.7 Å². The molecule has 1 heterocycles. The molecule has 39 heavy (non-hydrogen) atoms. The van der Waals surface area contributed by atoms with E-state index in [2.05, 4.69) is 5.32 Å². The Morgan fingerprint density at radius 2 is 1.72 bits per heavy atom. The molecule has 0 unspecified atom stereocenters. The number of dihydropyridines is 1. The van der Waals surface area contributed by atoms with E-state index in [4.69, 9.17) is 18.9 Å². The van der Waals surface area contributed by atoms with Crippen LogP contribution < -0.4 is 14.8 Å². The summed E-state index contributed by atoms with van der Waals surface area (Å²) in [6.45, 7) is 3.65. The molecule has 2 aromatic carbocycles. The number of ketones is 1. The lowest BCUT2D eigenvalue weighted by molar-refractivity contribution is -0.385. The van der Waals surface area contributed by atoms with Crippen molar-refractivity contribution in [2.45, 2.75) is 38.5 Å². The number of aryl methyl sites for hydroxylation is 1. The Hall–Kier alpha value is -4.18. The van der Waals surface area contributed by atoms with Gasteiger partial charge in [0.25, 0.3) is 5.69 Å². The second-order valence-electron chi connectivity index (χ2n) is 9.56. The minimum Gasteiger partial charge on any atom is -0.493 e. The van der Waals surface area contributed by atoms with E-state index < -0.39 is 16.8 Å². The summed E-state index contributed by atoms with van der Waals surface area (Å²) < 4.78 is 21.2. The van der Waals surface area contributed by atoms with Gasteiger partial charge in [0.2, 0.25) is 0 Å². The van der Waals surface area contributed by atoms with Gasteiger partial charge < -0.3 is 24.3 Å². The average molecular weight is 537 g/mol. The van der Waals surface area contributed by atoms with Gasteiger partial charge >= 0.3 is 5.97 Å². The monoisotopic (exact) mass is 536 g/mol. The third kappa shape index (κ3) is 5.51. The first-order valence-electron chi connectivity index (χ1n) is 12.6. The number of hydrogen-bond donors (Lipinski definition) is 1. The molecule has 0 amide bonds. The average Bonchev–Trinajstić information content (AvgIpc) is 2.91. The Morgan fingerprint density at radius 3 is 2.38 bits per heavy atom. The van der Waals surface area contributed by atoms with Gasteiger partial charge in [-0.3, -0.25) is 14.9 Å². The predicted molar refractivity (Wildman–Crippen MR) is 143 cm³/mol. The summed E-state index contributed by atoms with van der Waals surface area (Å²) in [5.74, 6) is -0.538. The molecule has 1 aliphatic heterocycles. The molecule has 4 rings (SSSR count). The lowest BCUT2D eigenvalue weighted by Crippen LogP contribution is -2.36. The maximum atomic E-state index is 13.8. The number of nitrogens with zero attached hydrogens (tertiary/aromatic N) is 1. The van der Waals surface area contributed by atoms with Crippen molar-refractivity contribution < 1.29 is 33.5 Å². The number of nitro groups is 1. The molecule has 0 spiro atoms. The molecule has 0 radical (unpaired) electrons. The lowest BCUT2D eigenvalue weighted by Gasteiger charge is -2.36. The summed E-state index contributed by atoms with van der Waals surface area (Å²) in [7, 11) is 4.62. The molecule has 2 aliphatic rings. The number of esters is 1. The Balaban J connectivity index is 1.79. The van der Waals surface area contributed by atoms with Crippen LogP contribution in [0.25, 0.3) is 0 Å². The normalized spacial score (nSPS) is 18.8. The molecule has 0 bridgehead atoms. The molecule has 0 saturated heterocycles. The van der Waals surface area contributed by atoms with Gasteiger partial charge in [0.05, 0.1) is 31.3 Å². The number of rotatable bonds is 9. The van der Waals surface area contributed by atoms with Crippen LogP contribution in [0.4, 0.5) is 5.69 Å². The van der Waals surface area contributed by atoms with Gasteiger partial charge in [0, 0.05) is 48.0 Å². The number of nitro benzene ring substituents is 1. The first kappa shape index (κ1) is 27.8. The van der Waals surface area contributed by atoms with Crippen LogP contribution >= 0.6 is 0 Å². The largest absolute Gasteiger partial charge is 0.493 e. The lowest BCUT2D eigenvalue weighted by atomic mass is 9.71. The van der Waals surface area contributed by atoms with Gasteiger partial charge in [-0.25, -0.2) is 4.79 Å². The van der Waals surface area contributed by atoms with Crippen LogP contribution in [-0.2, 0) is 19.1 Å². The fourth-order valence-electron chi connectivity index (χ4n) is 5.28. The minimum absolute atomic E-state index is 0.0358. The number of Topliss-reactive ketones (excluding diaryl/α,β-unsaturated/α-hetero) is 1. The smallest absolute Gasteiger partial charge is 0.336 e. The van der Waals surface area contributed by atoms with Crippen LogP contribution in [0.1, 0.15) is 48.3 Å². The van der Waals surface area contributed by atoms with Crippen LogP contribution in [-0.4, -0.2) is 51.2 Å². The molecule has 206 valence electrons. The third-order valence-corrected chi connectivity index (χ3v) is 7.21. The van der Waals surface area contributed by atoms with Crippen molar-refractivity contribution in [3.63, 3.8) is 0 Å². The molecule has 2 aromatic rings.